The number of phenols is 1. The number of methoxy groups -OCH3 is 1. The molecule has 0 aromatic heterocycles. The van der Waals surface area contributed by atoms with E-state index in [1.165, 1.54) is 7.11 Å². The fourth-order valence-electron chi connectivity index (χ4n) is 1.44. The molecule has 4 nitrogen and oxygen atoms in total. The molecule has 15 heavy (non-hydrogen) atoms. The van der Waals surface area contributed by atoms with Gasteiger partial charge < -0.3 is 15.1 Å². The Balaban J connectivity index is 3.29. The summed E-state index contributed by atoms with van der Waals surface area (Å²) in [5.41, 5.74) is 3.42. The summed E-state index contributed by atoms with van der Waals surface area (Å²) in [7, 11) is 1.50. The van der Waals surface area contributed by atoms with E-state index in [4.69, 9.17) is 21.5 Å². The summed E-state index contributed by atoms with van der Waals surface area (Å²) in [6.07, 6.45) is 0.738. The van der Waals surface area contributed by atoms with Gasteiger partial charge in [-0.25, -0.2) is 5.48 Å². The summed E-state index contributed by atoms with van der Waals surface area (Å²) in [6.45, 7) is 2.10. The van der Waals surface area contributed by atoms with Gasteiger partial charge in [-0.05, 0) is 18.1 Å². The van der Waals surface area contributed by atoms with Crippen LogP contribution in [-0.4, -0.2) is 17.4 Å². The molecule has 1 aromatic rings. The van der Waals surface area contributed by atoms with Gasteiger partial charge in [0.2, 0.25) is 0 Å². The van der Waals surface area contributed by atoms with E-state index < -0.39 is 0 Å². The van der Waals surface area contributed by atoms with E-state index >= 15 is 0 Å². The molecule has 0 heterocycles. The lowest BCUT2D eigenvalue weighted by molar-refractivity contribution is 0.160. The van der Waals surface area contributed by atoms with Crippen molar-refractivity contribution in [1.29, 1.82) is 0 Å². The topological polar surface area (TPSA) is 61.7 Å². The quantitative estimate of drug-likeness (QED) is 0.695. The van der Waals surface area contributed by atoms with Crippen LogP contribution < -0.4 is 10.2 Å². The number of ether oxygens (including phenoxy) is 1. The Morgan fingerprint density at radius 3 is 2.60 bits per heavy atom. The SMILES string of the molecule is CCc1cc(CNO)c(O)c(Cl)c1OC. The van der Waals surface area contributed by atoms with Gasteiger partial charge >= 0.3 is 0 Å². The van der Waals surface area contributed by atoms with Crippen molar-refractivity contribution in [2.45, 2.75) is 19.9 Å². The molecule has 0 radical (unpaired) electrons. The molecule has 84 valence electrons. The highest BCUT2D eigenvalue weighted by Gasteiger charge is 2.15. The first-order valence-corrected chi connectivity index (χ1v) is 4.97. The van der Waals surface area contributed by atoms with Gasteiger partial charge in [-0.3, -0.25) is 0 Å². The van der Waals surface area contributed by atoms with Crippen molar-refractivity contribution in [3.63, 3.8) is 0 Å². The van der Waals surface area contributed by atoms with E-state index in [1.54, 1.807) is 6.07 Å². The molecule has 5 heteroatoms. The first kappa shape index (κ1) is 12.1. The van der Waals surface area contributed by atoms with E-state index in [0.29, 0.717) is 11.3 Å². The minimum atomic E-state index is -0.0627. The average Bonchev–Trinajstić information content (AvgIpc) is 2.24. The van der Waals surface area contributed by atoms with Crippen LogP contribution in [0.25, 0.3) is 0 Å². The molecule has 0 aliphatic carbocycles. The Morgan fingerprint density at radius 2 is 2.13 bits per heavy atom. The Kier molecular flexibility index (Phi) is 4.20. The molecule has 0 aliphatic heterocycles. The van der Waals surface area contributed by atoms with Gasteiger partial charge in [0.25, 0.3) is 0 Å². The van der Waals surface area contributed by atoms with Crippen LogP contribution in [0.1, 0.15) is 18.1 Å². The maximum absolute atomic E-state index is 9.70. The van der Waals surface area contributed by atoms with Crippen LogP contribution in [0.15, 0.2) is 6.07 Å². The summed E-state index contributed by atoms with van der Waals surface area (Å²) in [5.74, 6) is 0.422. The fourth-order valence-corrected chi connectivity index (χ4v) is 1.76. The fraction of sp³-hybridized carbons (Fsp3) is 0.400. The van der Waals surface area contributed by atoms with Crippen molar-refractivity contribution >= 4 is 11.6 Å². The van der Waals surface area contributed by atoms with Crippen LogP contribution >= 0.6 is 11.6 Å². The Hall–Kier alpha value is -0.970. The van der Waals surface area contributed by atoms with Crippen molar-refractivity contribution < 1.29 is 15.1 Å². The van der Waals surface area contributed by atoms with E-state index in [2.05, 4.69) is 0 Å². The van der Waals surface area contributed by atoms with Crippen LogP contribution in [0.2, 0.25) is 5.02 Å². The molecule has 3 N–H and O–H groups in total. The molecular formula is C10H14ClNO3. The van der Waals surface area contributed by atoms with Gasteiger partial charge in [-0.2, -0.15) is 0 Å². The normalized spacial score (nSPS) is 10.4. The third-order valence-corrected chi connectivity index (χ3v) is 2.56. The van der Waals surface area contributed by atoms with Crippen LogP contribution in [0, 0.1) is 0 Å². The lowest BCUT2D eigenvalue weighted by Crippen LogP contribution is -2.07. The number of rotatable bonds is 4. The third kappa shape index (κ3) is 2.34. The standard InChI is InChI=1S/C10H14ClNO3/c1-3-6-4-7(5-12-14)9(13)8(11)10(6)15-2/h4,12-14H,3,5H2,1-2H3. The van der Waals surface area contributed by atoms with E-state index in [-0.39, 0.29) is 17.3 Å². The summed E-state index contributed by atoms with van der Waals surface area (Å²) in [6, 6.07) is 1.75. The summed E-state index contributed by atoms with van der Waals surface area (Å²) < 4.78 is 5.11. The number of phenolic OH excluding ortho intramolecular Hbond substituents is 1. The van der Waals surface area contributed by atoms with Crippen LogP contribution in [-0.2, 0) is 13.0 Å². The number of aromatic hydroxyl groups is 1. The highest BCUT2D eigenvalue weighted by molar-refractivity contribution is 6.33. The largest absolute Gasteiger partial charge is 0.506 e. The van der Waals surface area contributed by atoms with E-state index in [0.717, 1.165) is 12.0 Å². The van der Waals surface area contributed by atoms with Crippen molar-refractivity contribution in [3.05, 3.63) is 22.2 Å². The van der Waals surface area contributed by atoms with Gasteiger partial charge in [0.05, 0.1) is 7.11 Å². The minimum Gasteiger partial charge on any atom is -0.506 e. The Bertz CT molecular complexity index is 355. The van der Waals surface area contributed by atoms with Gasteiger partial charge in [0.15, 0.2) is 0 Å². The summed E-state index contributed by atoms with van der Waals surface area (Å²) >= 11 is 5.93. The molecule has 1 aromatic carbocycles. The monoisotopic (exact) mass is 231 g/mol. The lowest BCUT2D eigenvalue weighted by atomic mass is 10.1. The number of aryl methyl sites for hydroxylation is 1. The molecule has 0 unspecified atom stereocenters. The zero-order valence-electron chi connectivity index (χ0n) is 8.67. The van der Waals surface area contributed by atoms with Crippen molar-refractivity contribution in [1.82, 2.24) is 5.48 Å². The molecule has 0 saturated heterocycles. The molecule has 0 saturated carbocycles. The Labute approximate surface area is 93.4 Å². The molecule has 0 bridgehead atoms. The van der Waals surface area contributed by atoms with Gasteiger partial charge in [0, 0.05) is 12.1 Å². The van der Waals surface area contributed by atoms with Gasteiger partial charge in [-0.1, -0.05) is 18.5 Å². The van der Waals surface area contributed by atoms with E-state index in [9.17, 15) is 5.11 Å². The predicted molar refractivity (Wildman–Crippen MR) is 57.7 cm³/mol. The second-order valence-corrected chi connectivity index (χ2v) is 3.46. The maximum Gasteiger partial charge on any atom is 0.144 e. The second-order valence-electron chi connectivity index (χ2n) is 3.08. The lowest BCUT2D eigenvalue weighted by Gasteiger charge is -2.13. The molecule has 0 amide bonds. The number of hydrogen-bond donors (Lipinski definition) is 3. The number of nitrogens with one attached hydrogen (secondary N) is 1. The zero-order chi connectivity index (χ0) is 11.4. The first-order valence-electron chi connectivity index (χ1n) is 4.59. The van der Waals surface area contributed by atoms with Crippen molar-refractivity contribution in [2.24, 2.45) is 0 Å². The van der Waals surface area contributed by atoms with Crippen LogP contribution in [0.4, 0.5) is 0 Å². The molecule has 0 aliphatic rings. The van der Waals surface area contributed by atoms with Gasteiger partial charge in [-0.15, -0.1) is 0 Å². The number of hydroxylamine groups is 1. The number of halogens is 1. The molecular weight excluding hydrogens is 218 g/mol. The molecule has 0 spiro atoms. The molecule has 1 rings (SSSR count). The van der Waals surface area contributed by atoms with Crippen LogP contribution in [0.3, 0.4) is 0 Å². The van der Waals surface area contributed by atoms with E-state index in [1.807, 2.05) is 12.4 Å². The average molecular weight is 232 g/mol. The smallest absolute Gasteiger partial charge is 0.144 e. The highest BCUT2D eigenvalue weighted by atomic mass is 35.5. The molecule has 0 atom stereocenters. The zero-order valence-corrected chi connectivity index (χ0v) is 9.43. The van der Waals surface area contributed by atoms with Gasteiger partial charge in [0.1, 0.15) is 16.5 Å². The second kappa shape index (κ2) is 5.21. The summed E-state index contributed by atoms with van der Waals surface area (Å²) in [4.78, 5) is 0. The Morgan fingerprint density at radius 1 is 1.47 bits per heavy atom. The van der Waals surface area contributed by atoms with Crippen LogP contribution in [0.5, 0.6) is 11.5 Å². The predicted octanol–water partition coefficient (Wildman–Crippen LogP) is 2.10. The third-order valence-electron chi connectivity index (χ3n) is 2.21. The number of hydrogen-bond acceptors (Lipinski definition) is 4. The highest BCUT2D eigenvalue weighted by Crippen LogP contribution is 2.39. The molecule has 0 fully saturated rings. The first-order chi connectivity index (χ1) is 7.15. The number of benzene rings is 1. The van der Waals surface area contributed by atoms with Crippen molar-refractivity contribution in [2.75, 3.05) is 7.11 Å². The summed E-state index contributed by atoms with van der Waals surface area (Å²) in [5, 5.41) is 18.5. The maximum atomic E-state index is 9.70. The van der Waals surface area contributed by atoms with Crippen molar-refractivity contribution in [3.8, 4) is 11.5 Å². The minimum absolute atomic E-state index is 0.0627.